The lowest BCUT2D eigenvalue weighted by molar-refractivity contribution is -0.140. The zero-order chi connectivity index (χ0) is 25.9. The minimum Gasteiger partial charge on any atom is -0.361 e. The van der Waals surface area contributed by atoms with Crippen LogP contribution in [0.3, 0.4) is 0 Å². The minimum atomic E-state index is -0.517. The highest BCUT2D eigenvalue weighted by Crippen LogP contribution is 2.37. The molecule has 1 saturated heterocycles. The number of carbonyl (C=O) groups is 2. The van der Waals surface area contributed by atoms with Crippen molar-refractivity contribution in [2.75, 3.05) is 27.2 Å². The van der Waals surface area contributed by atoms with Gasteiger partial charge >= 0.3 is 0 Å². The molecule has 2 heterocycles. The van der Waals surface area contributed by atoms with E-state index in [0.717, 1.165) is 29.3 Å². The number of aromatic nitrogens is 1. The summed E-state index contributed by atoms with van der Waals surface area (Å²) in [5.74, 6) is 0.00686. The van der Waals surface area contributed by atoms with Gasteiger partial charge in [-0.05, 0) is 56.0 Å². The molecule has 2 N–H and O–H groups in total. The highest BCUT2D eigenvalue weighted by Gasteiger charge is 2.40. The van der Waals surface area contributed by atoms with E-state index >= 15 is 0 Å². The monoisotopic (exact) mass is 488 g/mol. The van der Waals surface area contributed by atoms with Crippen molar-refractivity contribution in [1.29, 1.82) is 0 Å². The molecule has 0 radical (unpaired) electrons. The van der Waals surface area contributed by atoms with Crippen molar-refractivity contribution in [3.8, 4) is 0 Å². The quantitative estimate of drug-likeness (QED) is 0.475. The number of aromatic amines is 1. The molecule has 2 atom stereocenters. The lowest BCUT2D eigenvalue weighted by Crippen LogP contribution is -2.57. The Morgan fingerprint density at radius 1 is 1.00 bits per heavy atom. The molecule has 192 valence electrons. The average molecular weight is 489 g/mol. The molecular weight excluding hydrogens is 448 g/mol. The number of likely N-dealkylation sites (tertiary alicyclic amines) is 1. The van der Waals surface area contributed by atoms with Crippen molar-refractivity contribution in [2.24, 2.45) is 5.92 Å². The SMILES string of the molecule is CC(CC(=O)NC(C(=O)N1CCC(c2ccccc2)(N(C)C)CC1)C(C)C)c1c[nH]c2ccccc12. The zero-order valence-electron chi connectivity index (χ0n) is 22.3. The van der Waals surface area contributed by atoms with E-state index < -0.39 is 6.04 Å². The summed E-state index contributed by atoms with van der Waals surface area (Å²) >= 11 is 0. The molecule has 0 bridgehead atoms. The number of hydrogen-bond donors (Lipinski definition) is 2. The van der Waals surface area contributed by atoms with Crippen LogP contribution in [0, 0.1) is 5.92 Å². The van der Waals surface area contributed by atoms with E-state index in [-0.39, 0.29) is 29.2 Å². The topological polar surface area (TPSA) is 68.4 Å². The molecule has 0 saturated carbocycles. The van der Waals surface area contributed by atoms with Gasteiger partial charge in [0.15, 0.2) is 0 Å². The van der Waals surface area contributed by atoms with Gasteiger partial charge in [0.2, 0.25) is 11.8 Å². The summed E-state index contributed by atoms with van der Waals surface area (Å²) in [6, 6.07) is 18.2. The molecule has 1 aromatic heterocycles. The van der Waals surface area contributed by atoms with Crippen LogP contribution in [0.4, 0.5) is 0 Å². The Balaban J connectivity index is 1.40. The van der Waals surface area contributed by atoms with Gasteiger partial charge in [0, 0.05) is 42.1 Å². The first-order valence-electron chi connectivity index (χ1n) is 13.1. The summed E-state index contributed by atoms with van der Waals surface area (Å²) in [7, 11) is 4.24. The fourth-order valence-corrected chi connectivity index (χ4v) is 5.67. The number of fused-ring (bicyclic) bond motifs is 1. The normalized spacial score (nSPS) is 17.4. The Kier molecular flexibility index (Phi) is 7.84. The number of piperidine rings is 1. The van der Waals surface area contributed by atoms with Crippen LogP contribution < -0.4 is 5.32 Å². The van der Waals surface area contributed by atoms with E-state index in [4.69, 9.17) is 0 Å². The van der Waals surface area contributed by atoms with Crippen molar-refractivity contribution in [3.63, 3.8) is 0 Å². The molecule has 3 aromatic rings. The van der Waals surface area contributed by atoms with Crippen molar-refractivity contribution in [1.82, 2.24) is 20.1 Å². The van der Waals surface area contributed by atoms with Crippen molar-refractivity contribution in [3.05, 3.63) is 71.9 Å². The van der Waals surface area contributed by atoms with Crippen LogP contribution in [0.1, 0.15) is 57.1 Å². The summed E-state index contributed by atoms with van der Waals surface area (Å²) in [5.41, 5.74) is 3.42. The lowest BCUT2D eigenvalue weighted by atomic mass is 9.79. The van der Waals surface area contributed by atoms with Crippen LogP contribution in [0.15, 0.2) is 60.8 Å². The molecular formula is C30H40N4O2. The number of para-hydroxylation sites is 1. The van der Waals surface area contributed by atoms with Crippen LogP contribution in [0.5, 0.6) is 0 Å². The van der Waals surface area contributed by atoms with Gasteiger partial charge in [-0.3, -0.25) is 14.5 Å². The fraction of sp³-hybridized carbons (Fsp3) is 0.467. The summed E-state index contributed by atoms with van der Waals surface area (Å²) in [4.78, 5) is 34.2. The Bertz CT molecular complexity index is 1180. The number of benzene rings is 2. The van der Waals surface area contributed by atoms with Crippen molar-refractivity contribution >= 4 is 22.7 Å². The predicted molar refractivity (Wildman–Crippen MR) is 146 cm³/mol. The highest BCUT2D eigenvalue weighted by molar-refractivity contribution is 5.89. The van der Waals surface area contributed by atoms with E-state index in [1.165, 1.54) is 5.56 Å². The highest BCUT2D eigenvalue weighted by atomic mass is 16.2. The molecule has 36 heavy (non-hydrogen) atoms. The van der Waals surface area contributed by atoms with Crippen LogP contribution in [-0.4, -0.2) is 59.8 Å². The smallest absolute Gasteiger partial charge is 0.245 e. The van der Waals surface area contributed by atoms with E-state index in [1.807, 2.05) is 49.2 Å². The Morgan fingerprint density at radius 2 is 1.64 bits per heavy atom. The molecule has 1 aliphatic heterocycles. The van der Waals surface area contributed by atoms with Gasteiger partial charge in [0.05, 0.1) is 0 Å². The first-order valence-corrected chi connectivity index (χ1v) is 13.1. The molecule has 0 aliphatic carbocycles. The average Bonchev–Trinajstić information content (AvgIpc) is 3.31. The second-order valence-corrected chi connectivity index (χ2v) is 10.8. The Morgan fingerprint density at radius 3 is 2.28 bits per heavy atom. The van der Waals surface area contributed by atoms with Crippen LogP contribution in [0.2, 0.25) is 0 Å². The standard InChI is InChI=1S/C30H40N4O2/c1-21(2)28(32-27(35)19-22(3)25-20-31-26-14-10-9-13-24(25)26)29(36)34-17-15-30(16-18-34,33(4)5)23-11-7-6-8-12-23/h6-14,20-22,28,31H,15-19H2,1-5H3,(H,32,35). The number of rotatable bonds is 8. The second kappa shape index (κ2) is 10.9. The third kappa shape index (κ3) is 5.19. The molecule has 1 aliphatic rings. The van der Waals surface area contributed by atoms with Gasteiger partial charge in [0.25, 0.3) is 0 Å². The number of carbonyl (C=O) groups excluding carboxylic acids is 2. The number of nitrogens with one attached hydrogen (secondary N) is 2. The summed E-state index contributed by atoms with van der Waals surface area (Å²) in [6.45, 7) is 7.43. The molecule has 6 nitrogen and oxygen atoms in total. The van der Waals surface area contributed by atoms with Crippen molar-refractivity contribution < 1.29 is 9.59 Å². The first kappa shape index (κ1) is 26.0. The molecule has 1 fully saturated rings. The second-order valence-electron chi connectivity index (χ2n) is 10.8. The number of nitrogens with zero attached hydrogens (tertiary/aromatic N) is 2. The fourth-order valence-electron chi connectivity index (χ4n) is 5.67. The van der Waals surface area contributed by atoms with Gasteiger partial charge in [-0.25, -0.2) is 0 Å². The van der Waals surface area contributed by atoms with E-state index in [9.17, 15) is 9.59 Å². The minimum absolute atomic E-state index is 0.0134. The number of amides is 2. The van der Waals surface area contributed by atoms with Crippen LogP contribution in [0.25, 0.3) is 10.9 Å². The van der Waals surface area contributed by atoms with E-state index in [1.54, 1.807) is 0 Å². The van der Waals surface area contributed by atoms with Gasteiger partial charge in [-0.2, -0.15) is 0 Å². The molecule has 6 heteroatoms. The van der Waals surface area contributed by atoms with Crippen LogP contribution in [-0.2, 0) is 15.1 Å². The molecule has 2 aromatic carbocycles. The number of hydrogen-bond acceptors (Lipinski definition) is 3. The first-order chi connectivity index (χ1) is 17.2. The predicted octanol–water partition coefficient (Wildman–Crippen LogP) is 4.88. The summed E-state index contributed by atoms with van der Waals surface area (Å²) in [6.07, 6.45) is 4.07. The Labute approximate surface area is 215 Å². The maximum atomic E-state index is 13.6. The van der Waals surface area contributed by atoms with E-state index in [2.05, 4.69) is 66.6 Å². The summed E-state index contributed by atoms with van der Waals surface area (Å²) in [5, 5.41) is 4.22. The number of H-pyrrole nitrogens is 1. The maximum absolute atomic E-state index is 13.6. The van der Waals surface area contributed by atoms with Gasteiger partial charge in [-0.1, -0.05) is 69.3 Å². The van der Waals surface area contributed by atoms with Crippen molar-refractivity contribution in [2.45, 2.75) is 57.5 Å². The molecule has 2 amide bonds. The molecule has 0 spiro atoms. The van der Waals surface area contributed by atoms with E-state index in [0.29, 0.717) is 19.5 Å². The third-order valence-corrected chi connectivity index (χ3v) is 7.96. The summed E-state index contributed by atoms with van der Waals surface area (Å²) < 4.78 is 0. The third-order valence-electron chi connectivity index (χ3n) is 7.96. The largest absolute Gasteiger partial charge is 0.361 e. The molecule has 2 unspecified atom stereocenters. The lowest BCUT2D eigenvalue weighted by Gasteiger charge is -2.47. The zero-order valence-corrected chi connectivity index (χ0v) is 22.3. The van der Waals surface area contributed by atoms with Gasteiger partial charge in [-0.15, -0.1) is 0 Å². The van der Waals surface area contributed by atoms with Gasteiger partial charge in [0.1, 0.15) is 6.04 Å². The van der Waals surface area contributed by atoms with Crippen LogP contribution >= 0.6 is 0 Å². The molecule has 4 rings (SSSR count). The van der Waals surface area contributed by atoms with Gasteiger partial charge < -0.3 is 15.2 Å². The Hall–Kier alpha value is -3.12. The maximum Gasteiger partial charge on any atom is 0.245 e.